The van der Waals surface area contributed by atoms with Gasteiger partial charge in [-0.25, -0.2) is 0 Å². The van der Waals surface area contributed by atoms with E-state index in [1.807, 2.05) is 19.9 Å². The van der Waals surface area contributed by atoms with Crippen molar-refractivity contribution in [2.75, 3.05) is 6.54 Å². The molecule has 0 radical (unpaired) electrons. The van der Waals surface area contributed by atoms with Crippen LogP contribution in [0.4, 0.5) is 0 Å². The molecule has 0 heterocycles. The van der Waals surface area contributed by atoms with Gasteiger partial charge in [-0.1, -0.05) is 6.07 Å². The Labute approximate surface area is 73.0 Å². The van der Waals surface area contributed by atoms with E-state index in [4.69, 9.17) is 5.73 Å². The van der Waals surface area contributed by atoms with E-state index in [1.54, 1.807) is 6.07 Å². The van der Waals surface area contributed by atoms with Gasteiger partial charge in [-0.2, -0.15) is 0 Å². The number of phenolic OH excluding ortho intramolecular Hbond substituents is 1. The quantitative estimate of drug-likeness (QED) is 0.697. The number of hydrogen-bond donors (Lipinski definition) is 2. The molecule has 1 aromatic rings. The van der Waals surface area contributed by atoms with Crippen molar-refractivity contribution in [3.05, 3.63) is 28.8 Å². The maximum Gasteiger partial charge on any atom is 0.119 e. The molecule has 3 N–H and O–H groups in total. The van der Waals surface area contributed by atoms with Gasteiger partial charge in [0.25, 0.3) is 0 Å². The van der Waals surface area contributed by atoms with Crippen molar-refractivity contribution in [3.63, 3.8) is 0 Å². The SMILES string of the molecule is Cc1ccc(O)c(CCN)c1C. The summed E-state index contributed by atoms with van der Waals surface area (Å²) in [6.45, 7) is 4.63. The second-order valence-electron chi connectivity index (χ2n) is 3.04. The van der Waals surface area contributed by atoms with Crippen molar-refractivity contribution in [2.24, 2.45) is 5.73 Å². The third-order valence-electron chi connectivity index (χ3n) is 2.24. The minimum absolute atomic E-state index is 0.364. The van der Waals surface area contributed by atoms with E-state index >= 15 is 0 Å². The maximum atomic E-state index is 9.49. The van der Waals surface area contributed by atoms with Crippen LogP contribution in [0.3, 0.4) is 0 Å². The molecule has 1 aromatic carbocycles. The summed E-state index contributed by atoms with van der Waals surface area (Å²) in [4.78, 5) is 0. The molecule has 0 aliphatic rings. The summed E-state index contributed by atoms with van der Waals surface area (Å²) < 4.78 is 0. The summed E-state index contributed by atoms with van der Waals surface area (Å²) in [7, 11) is 0. The minimum atomic E-state index is 0.364. The van der Waals surface area contributed by atoms with E-state index in [0.717, 1.165) is 17.5 Å². The monoisotopic (exact) mass is 165 g/mol. The average molecular weight is 165 g/mol. The maximum absolute atomic E-state index is 9.49. The van der Waals surface area contributed by atoms with Gasteiger partial charge in [-0.15, -0.1) is 0 Å². The van der Waals surface area contributed by atoms with E-state index in [-0.39, 0.29) is 0 Å². The molecule has 0 unspecified atom stereocenters. The van der Waals surface area contributed by atoms with Crippen molar-refractivity contribution in [1.82, 2.24) is 0 Å². The molecule has 0 aliphatic carbocycles. The minimum Gasteiger partial charge on any atom is -0.508 e. The van der Waals surface area contributed by atoms with Crippen LogP contribution in [-0.4, -0.2) is 11.7 Å². The van der Waals surface area contributed by atoms with E-state index in [0.29, 0.717) is 12.3 Å². The molecule has 0 spiro atoms. The van der Waals surface area contributed by atoms with Crippen molar-refractivity contribution in [1.29, 1.82) is 0 Å². The van der Waals surface area contributed by atoms with Gasteiger partial charge in [0.2, 0.25) is 0 Å². The molecule has 0 atom stereocenters. The predicted molar refractivity (Wildman–Crippen MR) is 50.3 cm³/mol. The smallest absolute Gasteiger partial charge is 0.119 e. The summed E-state index contributed by atoms with van der Waals surface area (Å²) in [6, 6.07) is 3.65. The molecular formula is C10H15NO. The lowest BCUT2D eigenvalue weighted by molar-refractivity contribution is 0.467. The Morgan fingerprint density at radius 3 is 2.58 bits per heavy atom. The Balaban J connectivity index is 3.14. The molecule has 0 bridgehead atoms. The van der Waals surface area contributed by atoms with Crippen LogP contribution in [-0.2, 0) is 6.42 Å². The summed E-state index contributed by atoms with van der Waals surface area (Å²) in [5.41, 5.74) is 8.78. The van der Waals surface area contributed by atoms with Gasteiger partial charge < -0.3 is 10.8 Å². The van der Waals surface area contributed by atoms with Crippen molar-refractivity contribution in [3.8, 4) is 5.75 Å². The first kappa shape index (κ1) is 9.07. The van der Waals surface area contributed by atoms with E-state index < -0.39 is 0 Å². The second kappa shape index (κ2) is 3.59. The Kier molecular flexibility index (Phi) is 2.71. The van der Waals surface area contributed by atoms with Gasteiger partial charge in [0.1, 0.15) is 5.75 Å². The average Bonchev–Trinajstić information content (AvgIpc) is 2.06. The lowest BCUT2D eigenvalue weighted by Gasteiger charge is -2.09. The van der Waals surface area contributed by atoms with Gasteiger partial charge in [0.15, 0.2) is 0 Å². The standard InChI is InChI=1S/C10H15NO/c1-7-3-4-10(12)9(5-6-11)8(7)2/h3-4,12H,5-6,11H2,1-2H3. The molecule has 66 valence electrons. The fourth-order valence-electron chi connectivity index (χ4n) is 1.32. The first-order valence-electron chi connectivity index (χ1n) is 4.15. The number of phenols is 1. The third kappa shape index (κ3) is 1.59. The molecule has 0 amide bonds. The molecule has 0 fully saturated rings. The van der Waals surface area contributed by atoms with E-state index in [1.165, 1.54) is 5.56 Å². The lowest BCUT2D eigenvalue weighted by atomic mass is 10.00. The van der Waals surface area contributed by atoms with Crippen LogP contribution < -0.4 is 5.73 Å². The molecule has 0 aliphatic heterocycles. The Hall–Kier alpha value is -1.02. The zero-order chi connectivity index (χ0) is 9.14. The van der Waals surface area contributed by atoms with Crippen LogP contribution in [0.2, 0.25) is 0 Å². The molecule has 0 saturated heterocycles. The van der Waals surface area contributed by atoms with E-state index in [2.05, 4.69) is 0 Å². The highest BCUT2D eigenvalue weighted by molar-refractivity contribution is 5.43. The second-order valence-corrected chi connectivity index (χ2v) is 3.04. The third-order valence-corrected chi connectivity index (χ3v) is 2.24. The highest BCUT2D eigenvalue weighted by Gasteiger charge is 2.05. The number of aromatic hydroxyl groups is 1. The van der Waals surface area contributed by atoms with Crippen molar-refractivity contribution < 1.29 is 5.11 Å². The molecule has 0 aromatic heterocycles. The number of aryl methyl sites for hydroxylation is 1. The van der Waals surface area contributed by atoms with Gasteiger partial charge >= 0.3 is 0 Å². The number of nitrogens with two attached hydrogens (primary N) is 1. The molecular weight excluding hydrogens is 150 g/mol. The molecule has 2 nitrogen and oxygen atoms in total. The van der Waals surface area contributed by atoms with Crippen LogP contribution in [0, 0.1) is 13.8 Å². The van der Waals surface area contributed by atoms with Crippen LogP contribution in [0.25, 0.3) is 0 Å². The molecule has 0 saturated carbocycles. The summed E-state index contributed by atoms with van der Waals surface area (Å²) in [6.07, 6.45) is 0.749. The number of hydrogen-bond acceptors (Lipinski definition) is 2. The zero-order valence-corrected chi connectivity index (χ0v) is 7.59. The lowest BCUT2D eigenvalue weighted by Crippen LogP contribution is -2.05. The van der Waals surface area contributed by atoms with Crippen molar-refractivity contribution in [2.45, 2.75) is 20.3 Å². The first-order chi connectivity index (χ1) is 5.66. The fourth-order valence-corrected chi connectivity index (χ4v) is 1.32. The Morgan fingerprint density at radius 1 is 1.33 bits per heavy atom. The molecule has 12 heavy (non-hydrogen) atoms. The normalized spacial score (nSPS) is 10.2. The van der Waals surface area contributed by atoms with Crippen LogP contribution in [0.1, 0.15) is 16.7 Å². The first-order valence-corrected chi connectivity index (χ1v) is 4.15. The Bertz CT molecular complexity index is 281. The van der Waals surface area contributed by atoms with Gasteiger partial charge in [-0.05, 0) is 49.6 Å². The highest BCUT2D eigenvalue weighted by Crippen LogP contribution is 2.23. The van der Waals surface area contributed by atoms with Gasteiger partial charge in [0, 0.05) is 0 Å². The molecule has 2 heteroatoms. The van der Waals surface area contributed by atoms with Crippen LogP contribution >= 0.6 is 0 Å². The summed E-state index contributed by atoms with van der Waals surface area (Å²) in [5.74, 6) is 0.364. The summed E-state index contributed by atoms with van der Waals surface area (Å²) in [5, 5.41) is 9.49. The van der Waals surface area contributed by atoms with Crippen LogP contribution in [0.5, 0.6) is 5.75 Å². The molecule has 1 rings (SSSR count). The van der Waals surface area contributed by atoms with Crippen LogP contribution in [0.15, 0.2) is 12.1 Å². The van der Waals surface area contributed by atoms with Crippen molar-refractivity contribution >= 4 is 0 Å². The predicted octanol–water partition coefficient (Wildman–Crippen LogP) is 1.51. The summed E-state index contributed by atoms with van der Waals surface area (Å²) >= 11 is 0. The number of benzene rings is 1. The van der Waals surface area contributed by atoms with Gasteiger partial charge in [0.05, 0.1) is 0 Å². The Morgan fingerprint density at radius 2 is 2.00 bits per heavy atom. The largest absolute Gasteiger partial charge is 0.508 e. The van der Waals surface area contributed by atoms with E-state index in [9.17, 15) is 5.11 Å². The topological polar surface area (TPSA) is 46.2 Å². The highest BCUT2D eigenvalue weighted by atomic mass is 16.3. The zero-order valence-electron chi connectivity index (χ0n) is 7.59. The van der Waals surface area contributed by atoms with Gasteiger partial charge in [-0.3, -0.25) is 0 Å². The number of rotatable bonds is 2. The fraction of sp³-hybridized carbons (Fsp3) is 0.400.